The lowest BCUT2D eigenvalue weighted by atomic mass is 9.93. The molecule has 2 heterocycles. The summed E-state index contributed by atoms with van der Waals surface area (Å²) >= 11 is 0. The first-order valence-corrected chi connectivity index (χ1v) is 15.3. The molecule has 0 unspecified atom stereocenters. The normalized spacial score (nSPS) is 21.3. The van der Waals surface area contributed by atoms with Gasteiger partial charge in [0.25, 0.3) is 11.8 Å². The maximum absolute atomic E-state index is 13.8. The van der Waals surface area contributed by atoms with Crippen LogP contribution in [-0.2, 0) is 9.53 Å². The minimum Gasteiger partial charge on any atom is -0.493 e. The number of hydrogen-bond donors (Lipinski definition) is 1. The van der Waals surface area contributed by atoms with E-state index in [0.717, 1.165) is 43.7 Å². The Hall–Kier alpha value is -3.30. The summed E-state index contributed by atoms with van der Waals surface area (Å²) in [7, 11) is 1.68. The van der Waals surface area contributed by atoms with Gasteiger partial charge in [0, 0.05) is 64.0 Å². The summed E-state index contributed by atoms with van der Waals surface area (Å²) in [5.74, 6) is 2.48. The summed E-state index contributed by atoms with van der Waals surface area (Å²) in [5.41, 5.74) is 1.63. The zero-order valence-corrected chi connectivity index (χ0v) is 25.3. The van der Waals surface area contributed by atoms with Crippen LogP contribution in [0.3, 0.4) is 0 Å². The molecule has 42 heavy (non-hydrogen) atoms. The number of nitrogens with zero attached hydrogens (tertiary/aromatic N) is 2. The Kier molecular flexibility index (Phi) is 9.90. The van der Waals surface area contributed by atoms with Crippen molar-refractivity contribution in [1.29, 1.82) is 0 Å². The van der Waals surface area contributed by atoms with Crippen LogP contribution < -0.4 is 19.5 Å². The molecule has 0 radical (unpaired) electrons. The van der Waals surface area contributed by atoms with Gasteiger partial charge in [0.2, 0.25) is 6.10 Å². The summed E-state index contributed by atoms with van der Waals surface area (Å²) in [4.78, 5) is 31.5. The Bertz CT molecular complexity index is 1230. The van der Waals surface area contributed by atoms with Crippen LogP contribution in [0.1, 0.15) is 49.0 Å². The second kappa shape index (κ2) is 13.8. The second-order valence-corrected chi connectivity index (χ2v) is 12.0. The first kappa shape index (κ1) is 30.2. The van der Waals surface area contributed by atoms with Gasteiger partial charge in [0.1, 0.15) is 12.4 Å². The highest BCUT2D eigenvalue weighted by molar-refractivity contribution is 5.95. The van der Waals surface area contributed by atoms with Crippen LogP contribution >= 0.6 is 0 Å². The molecule has 2 aromatic carbocycles. The van der Waals surface area contributed by atoms with Gasteiger partial charge in [-0.25, -0.2) is 0 Å². The van der Waals surface area contributed by atoms with Gasteiger partial charge in [-0.1, -0.05) is 18.2 Å². The Morgan fingerprint density at radius 2 is 1.76 bits per heavy atom. The number of carbonyl (C=O) groups excluding carboxylic acids is 2. The topological polar surface area (TPSA) is 89.6 Å². The van der Waals surface area contributed by atoms with Gasteiger partial charge in [-0.2, -0.15) is 0 Å². The van der Waals surface area contributed by atoms with E-state index < -0.39 is 6.10 Å². The number of ether oxygens (including phenoxy) is 4. The van der Waals surface area contributed by atoms with Crippen LogP contribution in [0, 0.1) is 18.8 Å². The molecule has 2 fully saturated rings. The summed E-state index contributed by atoms with van der Waals surface area (Å²) in [6.45, 7) is 10.4. The predicted octanol–water partition coefficient (Wildman–Crippen LogP) is 3.93. The Balaban J connectivity index is 1.24. The fourth-order valence-electron chi connectivity index (χ4n) is 5.82. The van der Waals surface area contributed by atoms with Crippen molar-refractivity contribution in [3.63, 3.8) is 0 Å². The van der Waals surface area contributed by atoms with Gasteiger partial charge >= 0.3 is 0 Å². The summed E-state index contributed by atoms with van der Waals surface area (Å²) in [6.07, 6.45) is 2.17. The molecule has 2 amide bonds. The van der Waals surface area contributed by atoms with E-state index in [9.17, 15) is 9.59 Å². The summed E-state index contributed by atoms with van der Waals surface area (Å²) in [6, 6.07) is 13.5. The number of methoxy groups -OCH3 is 1. The molecular formula is C33H45N3O6. The van der Waals surface area contributed by atoms with Crippen molar-refractivity contribution >= 4 is 11.8 Å². The Morgan fingerprint density at radius 3 is 2.48 bits per heavy atom. The number of carbonyl (C=O) groups is 2. The Morgan fingerprint density at radius 1 is 1.02 bits per heavy atom. The molecular weight excluding hydrogens is 534 g/mol. The molecule has 9 nitrogen and oxygen atoms in total. The second-order valence-electron chi connectivity index (χ2n) is 12.0. The summed E-state index contributed by atoms with van der Waals surface area (Å²) < 4.78 is 23.0. The van der Waals surface area contributed by atoms with Crippen molar-refractivity contribution in [3.05, 3.63) is 53.6 Å². The van der Waals surface area contributed by atoms with Gasteiger partial charge in [-0.3, -0.25) is 9.59 Å². The molecule has 0 spiro atoms. The zero-order valence-electron chi connectivity index (χ0n) is 25.3. The molecule has 3 aliphatic rings. The average Bonchev–Trinajstić information content (AvgIpc) is 3.75. The number of aryl methyl sites for hydroxylation is 1. The maximum atomic E-state index is 13.8. The molecule has 9 heteroatoms. The molecule has 0 bridgehead atoms. The number of para-hydroxylation sites is 2. The van der Waals surface area contributed by atoms with Crippen molar-refractivity contribution in [3.8, 4) is 17.2 Å². The lowest BCUT2D eigenvalue weighted by molar-refractivity contribution is -0.142. The van der Waals surface area contributed by atoms with Crippen LogP contribution in [0.15, 0.2) is 42.5 Å². The first-order valence-electron chi connectivity index (χ1n) is 15.3. The number of fused-ring (bicyclic) bond motifs is 1. The largest absolute Gasteiger partial charge is 0.493 e. The van der Waals surface area contributed by atoms with Gasteiger partial charge in [-0.15, -0.1) is 0 Å². The van der Waals surface area contributed by atoms with E-state index in [1.807, 2.05) is 59.2 Å². The standard InChI is InChI=1S/C33H45N3O6/c1-22(2)35(32(37)24-11-10-23(3)30(16-24)40-15-7-14-39-4)19-25-17-34-18-26(25)20-36(27-12-13-27)33(38)31-21-41-28-8-5-6-9-29(28)42-31/h5-6,8-11,16,22,25-27,31,34H,7,12-15,17-21H2,1-4H3/t25-,26-,31-/m0/s1. The molecule has 228 valence electrons. The fraction of sp³-hybridized carbons (Fsp3) is 0.576. The molecule has 1 saturated carbocycles. The molecule has 1 N–H and O–H groups in total. The van der Waals surface area contributed by atoms with Crippen molar-refractivity contribution in [1.82, 2.24) is 15.1 Å². The monoisotopic (exact) mass is 579 g/mol. The minimum atomic E-state index is -0.644. The number of benzene rings is 2. The van der Waals surface area contributed by atoms with Crippen LogP contribution in [0.25, 0.3) is 0 Å². The Labute approximate surface area is 249 Å². The van der Waals surface area contributed by atoms with E-state index in [1.54, 1.807) is 7.11 Å². The smallest absolute Gasteiger partial charge is 0.267 e. The van der Waals surface area contributed by atoms with E-state index in [2.05, 4.69) is 19.2 Å². The predicted molar refractivity (Wildman–Crippen MR) is 160 cm³/mol. The lowest BCUT2D eigenvalue weighted by Crippen LogP contribution is -2.50. The van der Waals surface area contributed by atoms with Crippen molar-refractivity contribution in [2.24, 2.45) is 11.8 Å². The van der Waals surface area contributed by atoms with Gasteiger partial charge in [0.15, 0.2) is 11.5 Å². The van der Waals surface area contributed by atoms with Crippen LogP contribution in [0.5, 0.6) is 17.2 Å². The first-order chi connectivity index (χ1) is 20.4. The average molecular weight is 580 g/mol. The fourth-order valence-corrected chi connectivity index (χ4v) is 5.82. The molecule has 5 rings (SSSR count). The van der Waals surface area contributed by atoms with Crippen LogP contribution in [-0.4, -0.2) is 92.9 Å². The van der Waals surface area contributed by atoms with E-state index in [-0.39, 0.29) is 42.3 Å². The highest BCUT2D eigenvalue weighted by Gasteiger charge is 2.42. The SMILES string of the molecule is COCCCOc1cc(C(=O)N(C[C@@H]2CNC[C@H]2CN(C(=O)[C@@H]2COc3ccccc3O2)C2CC2)C(C)C)ccc1C. The van der Waals surface area contributed by atoms with Crippen LogP contribution in [0.2, 0.25) is 0 Å². The van der Waals surface area contributed by atoms with Gasteiger partial charge in [0.05, 0.1) is 6.61 Å². The van der Waals surface area contributed by atoms with Crippen LogP contribution in [0.4, 0.5) is 0 Å². The third-order valence-corrected chi connectivity index (χ3v) is 8.47. The molecule has 2 aromatic rings. The number of nitrogens with one attached hydrogen (secondary N) is 1. The number of amides is 2. The highest BCUT2D eigenvalue weighted by atomic mass is 16.6. The molecule has 1 aliphatic carbocycles. The van der Waals surface area contributed by atoms with E-state index in [0.29, 0.717) is 43.4 Å². The van der Waals surface area contributed by atoms with Crippen molar-refractivity contribution in [2.75, 3.05) is 53.1 Å². The molecule has 0 aromatic heterocycles. The molecule has 2 aliphatic heterocycles. The third-order valence-electron chi connectivity index (χ3n) is 8.47. The van der Waals surface area contributed by atoms with E-state index >= 15 is 0 Å². The highest BCUT2D eigenvalue weighted by Crippen LogP contribution is 2.35. The van der Waals surface area contributed by atoms with Crippen molar-refractivity contribution in [2.45, 2.75) is 58.2 Å². The summed E-state index contributed by atoms with van der Waals surface area (Å²) in [5, 5.41) is 3.53. The van der Waals surface area contributed by atoms with Gasteiger partial charge < -0.3 is 34.1 Å². The minimum absolute atomic E-state index is 0.000985. The molecule has 1 saturated heterocycles. The maximum Gasteiger partial charge on any atom is 0.267 e. The molecule has 3 atom stereocenters. The zero-order chi connectivity index (χ0) is 29.6. The van der Waals surface area contributed by atoms with E-state index in [1.165, 1.54) is 0 Å². The van der Waals surface area contributed by atoms with E-state index in [4.69, 9.17) is 18.9 Å². The lowest BCUT2D eigenvalue weighted by Gasteiger charge is -2.35. The van der Waals surface area contributed by atoms with Gasteiger partial charge in [-0.05, 0) is 75.3 Å². The number of rotatable bonds is 13. The quantitative estimate of drug-likeness (QED) is 0.360. The third kappa shape index (κ3) is 7.18. The van der Waals surface area contributed by atoms with Crippen molar-refractivity contribution < 1.29 is 28.5 Å². The number of hydrogen-bond acceptors (Lipinski definition) is 7.